The third-order valence-corrected chi connectivity index (χ3v) is 3.72. The van der Waals surface area contributed by atoms with Crippen LogP contribution in [0.2, 0.25) is 0 Å². The number of carbonyl (C=O) groups is 1. The van der Waals surface area contributed by atoms with Crippen LogP contribution >= 0.6 is 0 Å². The van der Waals surface area contributed by atoms with Gasteiger partial charge in [-0.05, 0) is 37.3 Å². The number of hydrogen-bond donors (Lipinski definition) is 1. The fourth-order valence-corrected chi connectivity index (χ4v) is 2.35. The number of carbonyl (C=O) groups excluding carboxylic acids is 1. The van der Waals surface area contributed by atoms with Gasteiger partial charge in [-0.1, -0.05) is 34.1 Å². The van der Waals surface area contributed by atoms with E-state index in [0.717, 1.165) is 5.56 Å². The van der Waals surface area contributed by atoms with Crippen molar-refractivity contribution in [1.29, 1.82) is 0 Å². The van der Waals surface area contributed by atoms with Crippen LogP contribution in [0.15, 0.2) is 59.3 Å². The molecule has 2 heterocycles. The molecular weight excluding hydrogens is 351 g/mol. The van der Waals surface area contributed by atoms with Gasteiger partial charge in [0.2, 0.25) is 5.82 Å². The molecule has 0 unspecified atom stereocenters. The fourth-order valence-electron chi connectivity index (χ4n) is 2.35. The van der Waals surface area contributed by atoms with Crippen LogP contribution in [0.4, 0.5) is 10.1 Å². The second kappa shape index (κ2) is 6.79. The molecule has 4 rings (SSSR count). The molecule has 2 aromatic carbocycles. The molecule has 0 spiro atoms. The van der Waals surface area contributed by atoms with Crippen molar-refractivity contribution in [2.24, 2.45) is 0 Å². The second-order valence-corrected chi connectivity index (χ2v) is 5.77. The molecule has 27 heavy (non-hydrogen) atoms. The molecule has 0 aliphatic carbocycles. The summed E-state index contributed by atoms with van der Waals surface area (Å²) >= 11 is 0. The molecule has 0 aliphatic rings. The average Bonchev–Trinajstić information content (AvgIpc) is 3.33. The Morgan fingerprint density at radius 2 is 2.00 bits per heavy atom. The summed E-state index contributed by atoms with van der Waals surface area (Å²) in [6, 6.07) is 13.2. The number of aryl methyl sites for hydroxylation is 1. The Morgan fingerprint density at radius 3 is 2.78 bits per heavy atom. The quantitative estimate of drug-likeness (QED) is 0.598. The van der Waals surface area contributed by atoms with Crippen molar-refractivity contribution in [3.63, 3.8) is 0 Å². The third kappa shape index (κ3) is 3.56. The molecular formula is C18H13FN6O2. The first kappa shape index (κ1) is 16.6. The van der Waals surface area contributed by atoms with Gasteiger partial charge in [0.25, 0.3) is 0 Å². The van der Waals surface area contributed by atoms with Crippen molar-refractivity contribution in [2.45, 2.75) is 6.92 Å². The summed E-state index contributed by atoms with van der Waals surface area (Å²) in [7, 11) is 0. The highest BCUT2D eigenvalue weighted by Gasteiger charge is 2.18. The number of anilines is 1. The topological polar surface area (TPSA) is 98.7 Å². The highest BCUT2D eigenvalue weighted by atomic mass is 19.1. The molecule has 8 nitrogen and oxygen atoms in total. The lowest BCUT2D eigenvalue weighted by atomic mass is 10.2. The minimum absolute atomic E-state index is 0.103. The maximum Gasteiger partial charge on any atom is 0.316 e. The number of rotatable bonds is 4. The van der Waals surface area contributed by atoms with Crippen molar-refractivity contribution in [2.75, 3.05) is 5.32 Å². The number of aromatic nitrogens is 5. The van der Waals surface area contributed by atoms with Gasteiger partial charge in [0, 0.05) is 5.69 Å². The molecule has 0 saturated heterocycles. The molecule has 1 N–H and O–H groups in total. The third-order valence-electron chi connectivity index (χ3n) is 3.72. The van der Waals surface area contributed by atoms with E-state index in [9.17, 15) is 9.18 Å². The number of amides is 1. The van der Waals surface area contributed by atoms with Gasteiger partial charge >= 0.3 is 11.8 Å². The van der Waals surface area contributed by atoms with Gasteiger partial charge in [0.15, 0.2) is 5.69 Å². The van der Waals surface area contributed by atoms with Crippen LogP contribution in [0.5, 0.6) is 0 Å². The summed E-state index contributed by atoms with van der Waals surface area (Å²) in [5.74, 6) is -1.02. The van der Waals surface area contributed by atoms with Gasteiger partial charge in [-0.15, -0.1) is 5.10 Å². The van der Waals surface area contributed by atoms with E-state index in [1.54, 1.807) is 24.3 Å². The van der Waals surface area contributed by atoms with Crippen LogP contribution in [-0.2, 0) is 0 Å². The molecule has 9 heteroatoms. The van der Waals surface area contributed by atoms with Crippen molar-refractivity contribution in [3.05, 3.63) is 72.0 Å². The maximum atomic E-state index is 13.3. The maximum absolute atomic E-state index is 13.3. The monoisotopic (exact) mass is 364 g/mol. The zero-order valence-electron chi connectivity index (χ0n) is 14.1. The molecule has 2 aromatic heterocycles. The molecule has 4 aromatic rings. The lowest BCUT2D eigenvalue weighted by Gasteiger charge is -2.01. The Morgan fingerprint density at radius 1 is 1.19 bits per heavy atom. The molecule has 0 aliphatic heterocycles. The summed E-state index contributed by atoms with van der Waals surface area (Å²) in [6.45, 7) is 1.95. The Bertz CT molecular complexity index is 1100. The molecule has 0 bridgehead atoms. The molecule has 0 saturated carbocycles. The Balaban J connectivity index is 1.52. The molecule has 134 valence electrons. The van der Waals surface area contributed by atoms with Crippen LogP contribution in [0.25, 0.3) is 17.2 Å². The van der Waals surface area contributed by atoms with Crippen LogP contribution in [-0.4, -0.2) is 31.0 Å². The van der Waals surface area contributed by atoms with Crippen molar-refractivity contribution in [3.8, 4) is 17.2 Å². The lowest BCUT2D eigenvalue weighted by molar-refractivity contribution is 0.0981. The first-order valence-corrected chi connectivity index (χ1v) is 7.99. The Labute approximate surface area is 152 Å². The van der Waals surface area contributed by atoms with Gasteiger partial charge in [0.05, 0.1) is 11.9 Å². The largest absolute Gasteiger partial charge is 0.328 e. The van der Waals surface area contributed by atoms with Gasteiger partial charge in [-0.25, -0.2) is 9.07 Å². The molecule has 0 atom stereocenters. The number of nitrogens with one attached hydrogen (secondary N) is 1. The predicted molar refractivity (Wildman–Crippen MR) is 93.7 cm³/mol. The lowest BCUT2D eigenvalue weighted by Crippen LogP contribution is -2.12. The van der Waals surface area contributed by atoms with E-state index < -0.39 is 5.91 Å². The average molecular weight is 364 g/mol. The summed E-state index contributed by atoms with van der Waals surface area (Å²) in [4.78, 5) is 16.3. The summed E-state index contributed by atoms with van der Waals surface area (Å²) in [5.41, 5.74) is 2.48. The van der Waals surface area contributed by atoms with Gasteiger partial charge in [-0.3, -0.25) is 4.79 Å². The summed E-state index contributed by atoms with van der Waals surface area (Å²) in [5, 5.41) is 14.3. The SMILES string of the molecule is Cc1ccc(NC(=O)c2nc(-c3cn(-c4cccc(F)c4)nn3)no2)cc1. The van der Waals surface area contributed by atoms with E-state index in [1.807, 2.05) is 19.1 Å². The summed E-state index contributed by atoms with van der Waals surface area (Å²) in [6.07, 6.45) is 1.52. The highest BCUT2D eigenvalue weighted by molar-refractivity contribution is 6.01. The van der Waals surface area contributed by atoms with Crippen molar-refractivity contribution < 1.29 is 13.7 Å². The smallest absolute Gasteiger partial charge is 0.316 e. The van der Waals surface area contributed by atoms with E-state index in [-0.39, 0.29) is 23.2 Å². The van der Waals surface area contributed by atoms with Crippen molar-refractivity contribution in [1.82, 2.24) is 25.1 Å². The normalized spacial score (nSPS) is 10.7. The highest BCUT2D eigenvalue weighted by Crippen LogP contribution is 2.16. The standard InChI is InChI=1S/C18H13FN6O2/c1-11-5-7-13(8-6-11)20-17(26)18-21-16(23-27-18)15-10-25(24-22-15)14-4-2-3-12(19)9-14/h2-10H,1H3,(H,20,26). The van der Waals surface area contributed by atoms with E-state index in [0.29, 0.717) is 11.4 Å². The number of nitrogens with zero attached hydrogens (tertiary/aromatic N) is 5. The van der Waals surface area contributed by atoms with E-state index in [1.165, 1.54) is 23.0 Å². The first-order chi connectivity index (χ1) is 13.1. The van der Waals surface area contributed by atoms with E-state index in [4.69, 9.17) is 4.52 Å². The van der Waals surface area contributed by atoms with Gasteiger partial charge < -0.3 is 9.84 Å². The van der Waals surface area contributed by atoms with Crippen LogP contribution in [0.1, 0.15) is 16.2 Å². The van der Waals surface area contributed by atoms with Crippen LogP contribution < -0.4 is 5.32 Å². The Kier molecular flexibility index (Phi) is 4.17. The zero-order valence-corrected chi connectivity index (χ0v) is 14.1. The fraction of sp³-hybridized carbons (Fsp3) is 0.0556. The number of benzene rings is 2. The Hall–Kier alpha value is -3.88. The second-order valence-electron chi connectivity index (χ2n) is 5.77. The van der Waals surface area contributed by atoms with Gasteiger partial charge in [0.1, 0.15) is 5.82 Å². The summed E-state index contributed by atoms with van der Waals surface area (Å²) < 4.78 is 19.7. The minimum atomic E-state index is -0.532. The van der Waals surface area contributed by atoms with E-state index >= 15 is 0 Å². The van der Waals surface area contributed by atoms with E-state index in [2.05, 4.69) is 25.8 Å². The molecule has 0 fully saturated rings. The van der Waals surface area contributed by atoms with Crippen molar-refractivity contribution >= 4 is 11.6 Å². The number of hydrogen-bond acceptors (Lipinski definition) is 6. The first-order valence-electron chi connectivity index (χ1n) is 7.99. The molecule has 1 amide bonds. The zero-order chi connectivity index (χ0) is 18.8. The number of halogens is 1. The predicted octanol–water partition coefficient (Wildman–Crippen LogP) is 3.02. The molecule has 0 radical (unpaired) electrons. The van der Waals surface area contributed by atoms with Gasteiger partial charge in [-0.2, -0.15) is 4.98 Å². The minimum Gasteiger partial charge on any atom is -0.328 e. The van der Waals surface area contributed by atoms with Crippen LogP contribution in [0, 0.1) is 12.7 Å². The van der Waals surface area contributed by atoms with Crippen LogP contribution in [0.3, 0.4) is 0 Å².